The van der Waals surface area contributed by atoms with Crippen molar-refractivity contribution < 1.29 is 17.6 Å². The zero-order valence-corrected chi connectivity index (χ0v) is 25.8. The highest BCUT2D eigenvalue weighted by atomic mass is 19.4. The zero-order chi connectivity index (χ0) is 33.4. The summed E-state index contributed by atoms with van der Waals surface area (Å²) in [4.78, 5) is 8.57. The van der Waals surface area contributed by atoms with E-state index in [0.717, 1.165) is 5.01 Å². The fourth-order valence-electron chi connectivity index (χ4n) is 5.25. The van der Waals surface area contributed by atoms with Gasteiger partial charge < -0.3 is 16.1 Å². The molecular formula is C33H33F4N9. The number of anilines is 2. The van der Waals surface area contributed by atoms with Gasteiger partial charge in [-0.3, -0.25) is 15.0 Å². The minimum Gasteiger partial charge on any atom is -0.383 e. The number of fused-ring (bicyclic) bond motifs is 1. The van der Waals surface area contributed by atoms with Crippen molar-refractivity contribution in [1.82, 2.24) is 25.9 Å². The van der Waals surface area contributed by atoms with E-state index < -0.39 is 23.6 Å². The highest BCUT2D eigenvalue weighted by molar-refractivity contribution is 5.99. The third-order valence-electron chi connectivity index (χ3n) is 7.91. The van der Waals surface area contributed by atoms with E-state index in [1.165, 1.54) is 31.6 Å². The number of hydrogen-bond donors (Lipinski definition) is 4. The van der Waals surface area contributed by atoms with Crippen molar-refractivity contribution in [2.75, 3.05) is 17.2 Å². The van der Waals surface area contributed by atoms with E-state index in [1.807, 2.05) is 20.8 Å². The number of rotatable bonds is 9. The van der Waals surface area contributed by atoms with Crippen molar-refractivity contribution in [3.05, 3.63) is 83.6 Å². The van der Waals surface area contributed by atoms with E-state index >= 15 is 0 Å². The van der Waals surface area contributed by atoms with Crippen LogP contribution in [-0.2, 0) is 0 Å². The third-order valence-corrected chi connectivity index (χ3v) is 7.91. The molecule has 1 aliphatic heterocycles. The first-order chi connectivity index (χ1) is 21.7. The second-order valence-corrected chi connectivity index (χ2v) is 12.5. The highest BCUT2D eigenvalue weighted by Crippen LogP contribution is 2.53. The summed E-state index contributed by atoms with van der Waals surface area (Å²) in [6.45, 7) is 12.4. The molecule has 0 radical (unpaired) electrons. The third kappa shape index (κ3) is 6.06. The molecule has 1 aliphatic carbocycles. The van der Waals surface area contributed by atoms with Gasteiger partial charge in [-0.25, -0.2) is 4.39 Å². The van der Waals surface area contributed by atoms with Gasteiger partial charge in [0.25, 0.3) is 0 Å². The number of halogens is 4. The van der Waals surface area contributed by atoms with E-state index in [0.29, 0.717) is 40.0 Å². The molecule has 0 bridgehead atoms. The topological polar surface area (TPSA) is 125 Å². The van der Waals surface area contributed by atoms with Crippen LogP contribution in [-0.4, -0.2) is 39.3 Å². The average Bonchev–Trinajstić information content (AvgIpc) is 3.72. The fraction of sp³-hybridized carbons (Fsp3) is 0.333. The molecule has 5 rings (SSSR count). The van der Waals surface area contributed by atoms with E-state index in [2.05, 4.69) is 50.3 Å². The standard InChI is InChI=1S/C33H33F4N9/c1-6-25(34)30-23(8-7-11-40-30)19(2)27(26-17-46(45-44-26)32(9-10-32)33(35,36)37)43-22-12-20(14-38)28-24(13-22)29(21(15-39)16-41-28)42-18-31(3,4)5/h6-8,11-13,16-17,27,43-45H,2,9-10,18H2,1,3-5H3,(H,41,42)/b25-6+/t27-/m0/s1. The number of hydrazine groups is 2. The van der Waals surface area contributed by atoms with E-state index in [4.69, 9.17) is 0 Å². The van der Waals surface area contributed by atoms with Gasteiger partial charge in [-0.05, 0) is 55.0 Å². The van der Waals surface area contributed by atoms with E-state index in [1.54, 1.807) is 24.3 Å². The Labute approximate surface area is 264 Å². The molecule has 1 fully saturated rings. The molecule has 1 atom stereocenters. The summed E-state index contributed by atoms with van der Waals surface area (Å²) in [6, 6.07) is 9.87. The molecule has 13 heteroatoms. The van der Waals surface area contributed by atoms with Gasteiger partial charge in [0.2, 0.25) is 0 Å². The molecule has 1 saturated carbocycles. The molecule has 238 valence electrons. The van der Waals surface area contributed by atoms with Crippen LogP contribution in [0.2, 0.25) is 0 Å². The number of alkyl halides is 3. The number of hydrogen-bond acceptors (Lipinski definition) is 9. The largest absolute Gasteiger partial charge is 0.413 e. The van der Waals surface area contributed by atoms with Crippen LogP contribution in [0.5, 0.6) is 0 Å². The molecule has 3 heterocycles. The Kier molecular flexibility index (Phi) is 8.41. The molecule has 0 saturated heterocycles. The van der Waals surface area contributed by atoms with E-state index in [-0.39, 0.29) is 40.8 Å². The van der Waals surface area contributed by atoms with Gasteiger partial charge >= 0.3 is 6.18 Å². The molecule has 9 nitrogen and oxygen atoms in total. The minimum atomic E-state index is -4.49. The predicted molar refractivity (Wildman–Crippen MR) is 169 cm³/mol. The summed E-state index contributed by atoms with van der Waals surface area (Å²) in [5.41, 5.74) is 5.92. The van der Waals surface area contributed by atoms with Crippen LogP contribution in [0.3, 0.4) is 0 Å². The molecule has 2 aliphatic rings. The van der Waals surface area contributed by atoms with E-state index in [9.17, 15) is 28.1 Å². The molecule has 46 heavy (non-hydrogen) atoms. The summed E-state index contributed by atoms with van der Waals surface area (Å²) in [6.07, 6.45) is 0.775. The second kappa shape index (κ2) is 12.0. The van der Waals surface area contributed by atoms with Crippen molar-refractivity contribution in [3.63, 3.8) is 0 Å². The van der Waals surface area contributed by atoms with Gasteiger partial charge in [0.05, 0.1) is 34.1 Å². The Balaban J connectivity index is 1.64. The molecule has 3 aromatic rings. The zero-order valence-electron chi connectivity index (χ0n) is 25.8. The van der Waals surface area contributed by atoms with Crippen LogP contribution >= 0.6 is 0 Å². The lowest BCUT2D eigenvalue weighted by atomic mass is 9.95. The van der Waals surface area contributed by atoms with Gasteiger partial charge in [-0.1, -0.05) is 33.4 Å². The summed E-state index contributed by atoms with van der Waals surface area (Å²) >= 11 is 0. The van der Waals surface area contributed by atoms with Crippen molar-refractivity contribution in [3.8, 4) is 12.1 Å². The summed E-state index contributed by atoms with van der Waals surface area (Å²) in [5.74, 6) is -0.597. The van der Waals surface area contributed by atoms with Crippen molar-refractivity contribution in [2.24, 2.45) is 5.41 Å². The number of nitrogens with one attached hydrogen (secondary N) is 4. The van der Waals surface area contributed by atoms with Crippen LogP contribution in [0.1, 0.15) is 62.9 Å². The monoisotopic (exact) mass is 631 g/mol. The molecule has 4 N–H and O–H groups in total. The molecule has 0 amide bonds. The first kappa shape index (κ1) is 32.3. The van der Waals surface area contributed by atoms with Gasteiger partial charge in [0, 0.05) is 41.8 Å². The number of nitrogens with zero attached hydrogens (tertiary/aromatic N) is 5. The lowest BCUT2D eigenvalue weighted by Gasteiger charge is -2.28. The summed E-state index contributed by atoms with van der Waals surface area (Å²) in [5, 5.41) is 28.1. The Morgan fingerprint density at radius 2 is 1.89 bits per heavy atom. The number of allylic oxidation sites excluding steroid dienone is 1. The van der Waals surface area contributed by atoms with Crippen molar-refractivity contribution in [1.29, 1.82) is 10.5 Å². The molecule has 2 aromatic heterocycles. The Hall–Kier alpha value is -5.14. The second-order valence-electron chi connectivity index (χ2n) is 12.5. The lowest BCUT2D eigenvalue weighted by molar-refractivity contribution is -0.195. The van der Waals surface area contributed by atoms with Crippen LogP contribution in [0, 0.1) is 28.1 Å². The Bertz CT molecular complexity index is 1840. The Morgan fingerprint density at radius 3 is 2.50 bits per heavy atom. The number of pyridine rings is 2. The van der Waals surface area contributed by atoms with Gasteiger partial charge in [-0.2, -0.15) is 23.7 Å². The van der Waals surface area contributed by atoms with Crippen LogP contribution in [0.15, 0.2) is 61.2 Å². The van der Waals surface area contributed by atoms with Crippen molar-refractivity contribution >= 4 is 33.7 Å². The minimum absolute atomic E-state index is 0.0203. The van der Waals surface area contributed by atoms with Crippen LogP contribution in [0.4, 0.5) is 28.9 Å². The maximum Gasteiger partial charge on any atom is 0.413 e. The van der Waals surface area contributed by atoms with Crippen molar-refractivity contribution in [2.45, 2.75) is 58.3 Å². The molecule has 0 spiro atoms. The number of aromatic nitrogens is 2. The summed E-state index contributed by atoms with van der Waals surface area (Å²) in [7, 11) is 0. The SMILES string of the molecule is C=C(c1cccnc1/C(F)=C\C)[C@H](Nc1cc(C#N)c2ncc(C#N)c(NCC(C)(C)C)c2c1)C1=CN(C2(C(F)(F)F)CC2)NN1. The first-order valence-corrected chi connectivity index (χ1v) is 14.6. The normalized spacial score (nSPS) is 16.6. The maximum atomic E-state index is 14.9. The smallest absolute Gasteiger partial charge is 0.383 e. The van der Waals surface area contributed by atoms with Crippen LogP contribution in [0.25, 0.3) is 22.3 Å². The molecular weight excluding hydrogens is 598 g/mol. The van der Waals surface area contributed by atoms with Crippen LogP contribution < -0.4 is 21.6 Å². The lowest BCUT2D eigenvalue weighted by Crippen LogP contribution is -2.52. The highest BCUT2D eigenvalue weighted by Gasteiger charge is 2.67. The summed E-state index contributed by atoms with van der Waals surface area (Å²) < 4.78 is 56.9. The Morgan fingerprint density at radius 1 is 1.17 bits per heavy atom. The van der Waals surface area contributed by atoms with Gasteiger partial charge in [0.1, 0.15) is 23.7 Å². The fourth-order valence-corrected chi connectivity index (χ4v) is 5.25. The van der Waals surface area contributed by atoms with Gasteiger partial charge in [0.15, 0.2) is 5.54 Å². The number of nitriles is 2. The first-order valence-electron chi connectivity index (χ1n) is 14.6. The quantitative estimate of drug-likeness (QED) is 0.186. The van der Waals surface area contributed by atoms with Gasteiger partial charge in [-0.15, -0.1) is 5.53 Å². The number of benzene rings is 1. The predicted octanol–water partition coefficient (Wildman–Crippen LogP) is 6.92. The maximum absolute atomic E-state index is 14.9. The average molecular weight is 632 g/mol. The molecule has 1 aromatic carbocycles. The molecule has 0 unspecified atom stereocenters.